The van der Waals surface area contributed by atoms with Gasteiger partial charge in [-0.25, -0.2) is 13.8 Å². The standard InChI is InChI=1S/C19H19ClFN6O2/c1-10-8-11(2)27(23-10)18-22-16-15(17(28)25(4)19(29)24(16)3)26(18)9-12-13(20)6-5-7-14(12)21/h5-8,15H,9H2,1-4H3/q+1. The highest BCUT2D eigenvalue weighted by Crippen LogP contribution is 2.25. The number of urea groups is 1. The van der Waals surface area contributed by atoms with Gasteiger partial charge in [0, 0.05) is 24.7 Å². The fourth-order valence-electron chi connectivity index (χ4n) is 3.60. The number of benzene rings is 1. The van der Waals surface area contributed by atoms with Crippen molar-refractivity contribution in [1.82, 2.24) is 19.6 Å². The van der Waals surface area contributed by atoms with Crippen LogP contribution in [0.3, 0.4) is 0 Å². The van der Waals surface area contributed by atoms with E-state index in [2.05, 4.69) is 10.1 Å². The predicted octanol–water partition coefficient (Wildman–Crippen LogP) is 2.01. The molecule has 0 radical (unpaired) electrons. The Morgan fingerprint density at radius 3 is 2.55 bits per heavy atom. The third-order valence-electron chi connectivity index (χ3n) is 5.10. The molecule has 1 saturated heterocycles. The zero-order valence-electron chi connectivity index (χ0n) is 16.3. The molecule has 4 rings (SSSR count). The number of carbonyl (C=O) groups is 2. The molecule has 0 N–H and O–H groups in total. The first-order chi connectivity index (χ1) is 13.7. The highest BCUT2D eigenvalue weighted by Gasteiger charge is 2.52. The number of amides is 3. The van der Waals surface area contributed by atoms with Crippen molar-refractivity contribution in [3.63, 3.8) is 0 Å². The summed E-state index contributed by atoms with van der Waals surface area (Å²) in [5.74, 6) is -0.332. The maximum absolute atomic E-state index is 14.5. The number of carbonyl (C=O) groups excluding carboxylic acids is 2. The molecule has 0 saturated carbocycles. The first-order valence-electron chi connectivity index (χ1n) is 8.94. The summed E-state index contributed by atoms with van der Waals surface area (Å²) >= 11 is 6.23. The number of aliphatic imine (C=N–C) groups is 1. The molecule has 3 amide bonds. The summed E-state index contributed by atoms with van der Waals surface area (Å²) < 4.78 is 17.7. The number of aryl methyl sites for hydroxylation is 2. The zero-order chi connectivity index (χ0) is 21.0. The Labute approximate surface area is 171 Å². The van der Waals surface area contributed by atoms with Crippen LogP contribution in [0.4, 0.5) is 9.18 Å². The van der Waals surface area contributed by atoms with E-state index in [1.165, 1.54) is 24.1 Å². The normalized spacial score (nSPS) is 19.2. The Bertz CT molecular complexity index is 1100. The minimum atomic E-state index is -0.891. The van der Waals surface area contributed by atoms with Crippen LogP contribution in [-0.4, -0.2) is 68.0 Å². The van der Waals surface area contributed by atoms with Crippen molar-refractivity contribution in [2.75, 3.05) is 14.1 Å². The minimum absolute atomic E-state index is 0.0154. The van der Waals surface area contributed by atoms with Gasteiger partial charge in [-0.2, -0.15) is 0 Å². The molecular formula is C19H19ClFN6O2+. The van der Waals surface area contributed by atoms with Crippen LogP contribution in [0.2, 0.25) is 5.02 Å². The third-order valence-corrected chi connectivity index (χ3v) is 5.45. The summed E-state index contributed by atoms with van der Waals surface area (Å²) in [6.45, 7) is 3.68. The van der Waals surface area contributed by atoms with E-state index in [4.69, 9.17) is 11.6 Å². The third kappa shape index (κ3) is 2.93. The second-order valence-corrected chi connectivity index (χ2v) is 7.49. The molecule has 8 nitrogen and oxygen atoms in total. The molecular weight excluding hydrogens is 399 g/mol. The molecule has 10 heteroatoms. The molecule has 0 bridgehead atoms. The number of hydrogen-bond donors (Lipinski definition) is 0. The van der Waals surface area contributed by atoms with Gasteiger partial charge in [-0.1, -0.05) is 22.7 Å². The Hall–Kier alpha value is -3.07. The van der Waals surface area contributed by atoms with Crippen LogP contribution in [0.25, 0.3) is 0 Å². The summed E-state index contributed by atoms with van der Waals surface area (Å²) in [4.78, 5) is 32.3. The van der Waals surface area contributed by atoms with Crippen LogP contribution >= 0.6 is 11.6 Å². The highest BCUT2D eigenvalue weighted by atomic mass is 35.5. The lowest BCUT2D eigenvalue weighted by atomic mass is 10.1. The van der Waals surface area contributed by atoms with Gasteiger partial charge < -0.3 is 0 Å². The summed E-state index contributed by atoms with van der Waals surface area (Å²) in [5.41, 5.74) is 1.79. The van der Waals surface area contributed by atoms with Crippen molar-refractivity contribution in [3.8, 4) is 0 Å². The maximum atomic E-state index is 14.5. The Balaban J connectivity index is 1.92. The molecule has 29 heavy (non-hydrogen) atoms. The van der Waals surface area contributed by atoms with Crippen molar-refractivity contribution < 1.29 is 18.6 Å². The molecule has 0 aliphatic carbocycles. The predicted molar refractivity (Wildman–Crippen MR) is 105 cm³/mol. The van der Waals surface area contributed by atoms with E-state index in [9.17, 15) is 14.0 Å². The van der Waals surface area contributed by atoms with Gasteiger partial charge in [0.15, 0.2) is 0 Å². The van der Waals surface area contributed by atoms with Gasteiger partial charge in [0.2, 0.25) is 11.9 Å². The van der Waals surface area contributed by atoms with Gasteiger partial charge >= 0.3 is 12.0 Å². The fourth-order valence-corrected chi connectivity index (χ4v) is 3.82. The van der Waals surface area contributed by atoms with E-state index in [1.54, 1.807) is 22.4 Å². The average molecular weight is 418 g/mol. The Morgan fingerprint density at radius 1 is 1.21 bits per heavy atom. The van der Waals surface area contributed by atoms with Crippen molar-refractivity contribution in [3.05, 3.63) is 52.1 Å². The van der Waals surface area contributed by atoms with Crippen molar-refractivity contribution in [2.45, 2.75) is 26.4 Å². The summed E-state index contributed by atoms with van der Waals surface area (Å²) in [5, 5.41) is 4.69. The Kier molecular flexibility index (Phi) is 4.49. The van der Waals surface area contributed by atoms with Gasteiger partial charge in [-0.05, 0) is 32.0 Å². The van der Waals surface area contributed by atoms with Crippen molar-refractivity contribution >= 4 is 35.3 Å². The SMILES string of the molecule is Cc1cc(C)n(C2=[N+](Cc3c(F)cccc3Cl)C3C(=O)N(C)C(=O)N(C)C3=N2)n1. The number of imide groups is 1. The van der Waals surface area contributed by atoms with Crippen LogP contribution < -0.4 is 0 Å². The van der Waals surface area contributed by atoms with Gasteiger partial charge in [0.25, 0.3) is 5.91 Å². The first-order valence-corrected chi connectivity index (χ1v) is 9.32. The maximum Gasteiger partial charge on any atom is 0.421 e. The molecule has 0 spiro atoms. The van der Waals surface area contributed by atoms with Gasteiger partial charge in [-0.15, -0.1) is 9.78 Å². The molecule has 1 atom stereocenters. The van der Waals surface area contributed by atoms with E-state index < -0.39 is 23.8 Å². The Morgan fingerprint density at radius 2 is 1.93 bits per heavy atom. The number of amidine groups is 1. The molecule has 3 heterocycles. The minimum Gasteiger partial charge on any atom is -0.270 e. The number of halogens is 2. The van der Waals surface area contributed by atoms with Crippen LogP contribution in [-0.2, 0) is 11.3 Å². The summed E-state index contributed by atoms with van der Waals surface area (Å²) in [6, 6.07) is 4.91. The number of likely N-dealkylation sites (N-methyl/N-ethyl adjacent to an activating group) is 2. The van der Waals surface area contributed by atoms with Gasteiger partial charge in [0.05, 0.1) is 12.2 Å². The smallest absolute Gasteiger partial charge is 0.270 e. The lowest BCUT2D eigenvalue weighted by Crippen LogP contribution is -2.61. The first kappa shape index (κ1) is 19.3. The fraction of sp³-hybridized carbons (Fsp3) is 0.316. The van der Waals surface area contributed by atoms with E-state index in [-0.39, 0.29) is 23.0 Å². The van der Waals surface area contributed by atoms with Crippen molar-refractivity contribution in [2.24, 2.45) is 4.99 Å². The zero-order valence-corrected chi connectivity index (χ0v) is 17.1. The van der Waals surface area contributed by atoms with Crippen LogP contribution in [0.15, 0.2) is 29.3 Å². The number of aromatic nitrogens is 2. The molecule has 2 aromatic rings. The second-order valence-electron chi connectivity index (χ2n) is 7.08. The van der Waals surface area contributed by atoms with Crippen LogP contribution in [0, 0.1) is 19.7 Å². The molecule has 2 aliphatic rings. The lowest BCUT2D eigenvalue weighted by molar-refractivity contribution is -0.553. The highest BCUT2D eigenvalue weighted by molar-refractivity contribution is 6.31. The topological polar surface area (TPSA) is 73.8 Å². The average Bonchev–Trinajstić information content (AvgIpc) is 3.20. The van der Waals surface area contributed by atoms with E-state index in [1.807, 2.05) is 19.9 Å². The molecule has 150 valence electrons. The van der Waals surface area contributed by atoms with Gasteiger partial charge in [0.1, 0.15) is 11.5 Å². The summed E-state index contributed by atoms with van der Waals surface area (Å²) in [7, 11) is 2.96. The molecule has 1 aromatic carbocycles. The summed E-state index contributed by atoms with van der Waals surface area (Å²) in [6.07, 6.45) is 0. The number of fused-ring (bicyclic) bond motifs is 1. The van der Waals surface area contributed by atoms with E-state index in [0.717, 1.165) is 16.3 Å². The molecule has 1 fully saturated rings. The van der Waals surface area contributed by atoms with E-state index in [0.29, 0.717) is 5.96 Å². The van der Waals surface area contributed by atoms with Crippen LogP contribution in [0.1, 0.15) is 17.0 Å². The monoisotopic (exact) mass is 417 g/mol. The van der Waals surface area contributed by atoms with E-state index >= 15 is 0 Å². The van der Waals surface area contributed by atoms with Crippen molar-refractivity contribution in [1.29, 1.82) is 0 Å². The largest absolute Gasteiger partial charge is 0.421 e. The number of hydrogen-bond acceptors (Lipinski definition) is 4. The molecule has 1 aromatic heterocycles. The van der Waals surface area contributed by atoms with Gasteiger partial charge in [-0.3, -0.25) is 14.6 Å². The molecule has 1 unspecified atom stereocenters. The number of nitrogens with zero attached hydrogens (tertiary/aromatic N) is 6. The lowest BCUT2D eigenvalue weighted by Gasteiger charge is -2.31. The quantitative estimate of drug-likeness (QED) is 0.701. The molecule has 2 aliphatic heterocycles. The van der Waals surface area contributed by atoms with Crippen LogP contribution in [0.5, 0.6) is 0 Å². The second kappa shape index (κ2) is 6.77. The number of rotatable bonds is 2.